The van der Waals surface area contributed by atoms with Gasteiger partial charge in [-0.05, 0) is 56.0 Å². The number of piperazine rings is 1. The standard InChI is InChI=1S/C19H29N3O/c1-15-12-16(2)19-17(14-22(10-11-23)18(19)13-15)4-3-7-21-8-5-20-6-9-21/h12-14,20,23H,3-11H2,1-2H3. The summed E-state index contributed by atoms with van der Waals surface area (Å²) in [4.78, 5) is 2.56. The highest BCUT2D eigenvalue weighted by atomic mass is 16.3. The van der Waals surface area contributed by atoms with E-state index in [0.29, 0.717) is 6.54 Å². The number of hydrogen-bond donors (Lipinski definition) is 2. The lowest BCUT2D eigenvalue weighted by atomic mass is 10.0. The first-order valence-corrected chi connectivity index (χ1v) is 8.82. The lowest BCUT2D eigenvalue weighted by Gasteiger charge is -2.27. The van der Waals surface area contributed by atoms with E-state index in [0.717, 1.165) is 19.5 Å². The van der Waals surface area contributed by atoms with Gasteiger partial charge in [0.15, 0.2) is 0 Å². The van der Waals surface area contributed by atoms with Gasteiger partial charge in [-0.3, -0.25) is 0 Å². The van der Waals surface area contributed by atoms with E-state index in [2.05, 4.69) is 47.0 Å². The van der Waals surface area contributed by atoms with Crippen LogP contribution in [0.25, 0.3) is 10.9 Å². The summed E-state index contributed by atoms with van der Waals surface area (Å²) in [5, 5.41) is 14.1. The number of benzene rings is 1. The Morgan fingerprint density at radius 3 is 2.65 bits per heavy atom. The quantitative estimate of drug-likeness (QED) is 0.857. The molecule has 0 aliphatic carbocycles. The number of fused-ring (bicyclic) bond motifs is 1. The Morgan fingerprint density at radius 1 is 1.13 bits per heavy atom. The fourth-order valence-electron chi connectivity index (χ4n) is 3.82. The van der Waals surface area contributed by atoms with Gasteiger partial charge in [0.1, 0.15) is 0 Å². The largest absolute Gasteiger partial charge is 0.395 e. The second kappa shape index (κ2) is 7.47. The number of rotatable bonds is 6. The third-order valence-electron chi connectivity index (χ3n) is 4.87. The summed E-state index contributed by atoms with van der Waals surface area (Å²) < 4.78 is 2.22. The van der Waals surface area contributed by atoms with Crippen molar-refractivity contribution < 1.29 is 5.11 Å². The van der Waals surface area contributed by atoms with E-state index in [4.69, 9.17) is 0 Å². The second-order valence-corrected chi connectivity index (χ2v) is 6.74. The van der Waals surface area contributed by atoms with Crippen molar-refractivity contribution in [3.63, 3.8) is 0 Å². The van der Waals surface area contributed by atoms with Gasteiger partial charge in [-0.1, -0.05) is 6.07 Å². The third-order valence-corrected chi connectivity index (χ3v) is 4.87. The second-order valence-electron chi connectivity index (χ2n) is 6.74. The molecule has 0 spiro atoms. The molecule has 0 atom stereocenters. The van der Waals surface area contributed by atoms with Gasteiger partial charge in [0.2, 0.25) is 0 Å². The van der Waals surface area contributed by atoms with E-state index >= 15 is 0 Å². The van der Waals surface area contributed by atoms with E-state index in [9.17, 15) is 5.11 Å². The zero-order chi connectivity index (χ0) is 16.2. The normalized spacial score (nSPS) is 16.3. The maximum absolute atomic E-state index is 9.34. The summed E-state index contributed by atoms with van der Waals surface area (Å²) in [5.74, 6) is 0. The Kier molecular flexibility index (Phi) is 5.36. The van der Waals surface area contributed by atoms with E-state index in [-0.39, 0.29) is 6.61 Å². The van der Waals surface area contributed by atoms with Crippen LogP contribution in [-0.4, -0.2) is 53.9 Å². The van der Waals surface area contributed by atoms with Crippen LogP contribution in [0.4, 0.5) is 0 Å². The lowest BCUT2D eigenvalue weighted by Crippen LogP contribution is -2.43. The minimum absolute atomic E-state index is 0.191. The van der Waals surface area contributed by atoms with Gasteiger partial charge >= 0.3 is 0 Å². The van der Waals surface area contributed by atoms with E-state index in [1.807, 2.05) is 0 Å². The summed E-state index contributed by atoms with van der Waals surface area (Å²) in [6.07, 6.45) is 4.57. The van der Waals surface area contributed by atoms with Crippen molar-refractivity contribution in [1.29, 1.82) is 0 Å². The number of aryl methyl sites for hydroxylation is 3. The molecule has 1 aliphatic heterocycles. The number of hydrogen-bond acceptors (Lipinski definition) is 3. The molecule has 1 fully saturated rings. The third kappa shape index (κ3) is 3.77. The van der Waals surface area contributed by atoms with Gasteiger partial charge in [0.25, 0.3) is 0 Å². The molecule has 1 aromatic heterocycles. The number of aliphatic hydroxyl groups excluding tert-OH is 1. The van der Waals surface area contributed by atoms with Crippen molar-refractivity contribution in [3.8, 4) is 0 Å². The monoisotopic (exact) mass is 315 g/mol. The summed E-state index contributed by atoms with van der Waals surface area (Å²) >= 11 is 0. The molecule has 4 nitrogen and oxygen atoms in total. The molecule has 2 heterocycles. The van der Waals surface area contributed by atoms with Crippen molar-refractivity contribution in [1.82, 2.24) is 14.8 Å². The molecule has 126 valence electrons. The minimum atomic E-state index is 0.191. The van der Waals surface area contributed by atoms with Crippen LogP contribution in [-0.2, 0) is 13.0 Å². The minimum Gasteiger partial charge on any atom is -0.395 e. The molecule has 0 amide bonds. The first-order chi connectivity index (χ1) is 11.2. The number of aromatic nitrogens is 1. The van der Waals surface area contributed by atoms with Crippen molar-refractivity contribution in [2.45, 2.75) is 33.2 Å². The molecular formula is C19H29N3O. The average molecular weight is 315 g/mol. The number of nitrogens with zero attached hydrogens (tertiary/aromatic N) is 2. The fraction of sp³-hybridized carbons (Fsp3) is 0.579. The van der Waals surface area contributed by atoms with Gasteiger partial charge in [-0.2, -0.15) is 0 Å². The van der Waals surface area contributed by atoms with Gasteiger partial charge in [0, 0.05) is 49.8 Å². The molecule has 23 heavy (non-hydrogen) atoms. The highest BCUT2D eigenvalue weighted by molar-refractivity contribution is 5.88. The Balaban J connectivity index is 1.76. The molecule has 0 radical (unpaired) electrons. The van der Waals surface area contributed by atoms with Crippen molar-refractivity contribution in [2.75, 3.05) is 39.3 Å². The Bertz CT molecular complexity index is 656. The number of aliphatic hydroxyl groups is 1. The van der Waals surface area contributed by atoms with Crippen LogP contribution in [0, 0.1) is 13.8 Å². The molecule has 1 aromatic carbocycles. The van der Waals surface area contributed by atoms with Crippen molar-refractivity contribution in [2.24, 2.45) is 0 Å². The Morgan fingerprint density at radius 2 is 1.91 bits per heavy atom. The van der Waals surface area contributed by atoms with Crippen LogP contribution in [0.15, 0.2) is 18.3 Å². The molecule has 4 heteroatoms. The van der Waals surface area contributed by atoms with Gasteiger partial charge in [-0.15, -0.1) is 0 Å². The summed E-state index contributed by atoms with van der Waals surface area (Å²) in [5.41, 5.74) is 5.35. The summed E-state index contributed by atoms with van der Waals surface area (Å²) in [6.45, 7) is 11.0. The molecule has 3 rings (SSSR count). The average Bonchev–Trinajstić information content (AvgIpc) is 2.87. The zero-order valence-corrected chi connectivity index (χ0v) is 14.4. The number of nitrogens with one attached hydrogen (secondary N) is 1. The van der Waals surface area contributed by atoms with Crippen LogP contribution in [0.2, 0.25) is 0 Å². The van der Waals surface area contributed by atoms with Crippen LogP contribution in [0.1, 0.15) is 23.1 Å². The van der Waals surface area contributed by atoms with Crippen molar-refractivity contribution in [3.05, 3.63) is 35.0 Å². The summed E-state index contributed by atoms with van der Waals surface area (Å²) in [7, 11) is 0. The molecule has 2 aromatic rings. The molecule has 0 unspecified atom stereocenters. The fourth-order valence-corrected chi connectivity index (χ4v) is 3.82. The van der Waals surface area contributed by atoms with E-state index < -0.39 is 0 Å². The van der Waals surface area contributed by atoms with Gasteiger partial charge in [-0.25, -0.2) is 0 Å². The SMILES string of the molecule is Cc1cc(C)c2c(CCCN3CCNCC3)cn(CCO)c2c1. The van der Waals surface area contributed by atoms with Gasteiger partial charge in [0.05, 0.1) is 6.61 Å². The molecule has 0 saturated carbocycles. The zero-order valence-electron chi connectivity index (χ0n) is 14.4. The Hall–Kier alpha value is -1.36. The predicted octanol–water partition coefficient (Wildman–Crippen LogP) is 2.09. The van der Waals surface area contributed by atoms with Crippen molar-refractivity contribution >= 4 is 10.9 Å². The van der Waals surface area contributed by atoms with Crippen LogP contribution in [0.5, 0.6) is 0 Å². The lowest BCUT2D eigenvalue weighted by molar-refractivity contribution is 0.238. The maximum Gasteiger partial charge on any atom is 0.0610 e. The molecule has 0 bridgehead atoms. The highest BCUT2D eigenvalue weighted by Gasteiger charge is 2.13. The predicted molar refractivity (Wildman–Crippen MR) is 96.1 cm³/mol. The van der Waals surface area contributed by atoms with E-state index in [1.165, 1.54) is 53.6 Å². The topological polar surface area (TPSA) is 40.4 Å². The molecule has 1 aliphatic rings. The van der Waals surface area contributed by atoms with Crippen LogP contribution in [0.3, 0.4) is 0 Å². The smallest absolute Gasteiger partial charge is 0.0610 e. The maximum atomic E-state index is 9.34. The Labute approximate surface area is 139 Å². The molecule has 1 saturated heterocycles. The first kappa shape index (κ1) is 16.5. The van der Waals surface area contributed by atoms with Gasteiger partial charge < -0.3 is 19.9 Å². The van der Waals surface area contributed by atoms with Crippen LogP contribution >= 0.6 is 0 Å². The highest BCUT2D eigenvalue weighted by Crippen LogP contribution is 2.27. The van der Waals surface area contributed by atoms with E-state index in [1.54, 1.807) is 0 Å². The molecular weight excluding hydrogens is 286 g/mol. The van der Waals surface area contributed by atoms with Crippen LogP contribution < -0.4 is 5.32 Å². The molecule has 2 N–H and O–H groups in total. The summed E-state index contributed by atoms with van der Waals surface area (Å²) in [6, 6.07) is 4.52. The first-order valence-electron chi connectivity index (χ1n) is 8.82.